The summed E-state index contributed by atoms with van der Waals surface area (Å²) in [4.78, 5) is 9.07. The van der Waals surface area contributed by atoms with Crippen LogP contribution < -0.4 is 10.1 Å². The summed E-state index contributed by atoms with van der Waals surface area (Å²) in [7, 11) is 0. The van der Waals surface area contributed by atoms with Crippen molar-refractivity contribution < 1.29 is 4.74 Å². The molecule has 0 saturated heterocycles. The topological polar surface area (TPSA) is 47.0 Å². The van der Waals surface area contributed by atoms with E-state index < -0.39 is 0 Å². The molecule has 5 rings (SSSR count). The Morgan fingerprint density at radius 1 is 0.962 bits per heavy atom. The van der Waals surface area contributed by atoms with Gasteiger partial charge in [-0.25, -0.2) is 4.98 Å². The molecule has 134 valence electrons. The summed E-state index contributed by atoms with van der Waals surface area (Å²) >= 11 is 1.72. The fourth-order valence-electron chi connectivity index (χ4n) is 3.72. The van der Waals surface area contributed by atoms with E-state index in [0.29, 0.717) is 12.0 Å². The monoisotopic (exact) mass is 365 g/mol. The van der Waals surface area contributed by atoms with Gasteiger partial charge in [0.2, 0.25) is 0 Å². The first-order chi connectivity index (χ1) is 12.8. The molecule has 2 fully saturated rings. The van der Waals surface area contributed by atoms with E-state index in [1.807, 2.05) is 18.3 Å². The minimum absolute atomic E-state index is 0.580. The van der Waals surface area contributed by atoms with Gasteiger partial charge in [0.15, 0.2) is 5.13 Å². The van der Waals surface area contributed by atoms with E-state index in [0.717, 1.165) is 26.8 Å². The maximum absolute atomic E-state index is 6.06. The Hall–Kier alpha value is -2.14. The zero-order valence-electron chi connectivity index (χ0n) is 14.8. The second-order valence-electron chi connectivity index (χ2n) is 7.46. The number of nitrogens with one attached hydrogen (secondary N) is 1. The molecule has 0 spiro atoms. The molecule has 0 bridgehead atoms. The lowest BCUT2D eigenvalue weighted by atomic mass is 9.96. The van der Waals surface area contributed by atoms with Gasteiger partial charge in [0.25, 0.3) is 0 Å². The predicted octanol–water partition coefficient (Wildman–Crippen LogP) is 6.11. The molecule has 1 N–H and O–H groups in total. The van der Waals surface area contributed by atoms with Crippen LogP contribution in [0.15, 0.2) is 36.7 Å². The van der Waals surface area contributed by atoms with Crippen molar-refractivity contribution in [3.05, 3.63) is 42.2 Å². The molecular formula is C21H23N3OS. The standard InChI is InChI=1S/C21H23N3OS/c1-2-4-16(5-3-1)23-21-24-19-9-8-17(11-20(19)26-21)25-18-10-15(12-22-13-18)14-6-7-14/h8-14,16H,1-7H2,(H,23,24). The van der Waals surface area contributed by atoms with Gasteiger partial charge in [0.05, 0.1) is 16.4 Å². The maximum Gasteiger partial charge on any atom is 0.184 e. The lowest BCUT2D eigenvalue weighted by Gasteiger charge is -2.22. The molecule has 0 radical (unpaired) electrons. The Bertz CT molecular complexity index is 913. The predicted molar refractivity (Wildman–Crippen MR) is 106 cm³/mol. The number of thiazole rings is 1. The van der Waals surface area contributed by atoms with Crippen molar-refractivity contribution in [1.82, 2.24) is 9.97 Å². The number of fused-ring (bicyclic) bond motifs is 1. The van der Waals surface area contributed by atoms with Crippen LogP contribution >= 0.6 is 11.3 Å². The average molecular weight is 366 g/mol. The molecule has 1 aromatic carbocycles. The number of hydrogen-bond donors (Lipinski definition) is 1. The molecule has 2 heterocycles. The van der Waals surface area contributed by atoms with Crippen LogP contribution in [0.4, 0.5) is 5.13 Å². The summed E-state index contributed by atoms with van der Waals surface area (Å²) in [6, 6.07) is 8.83. The van der Waals surface area contributed by atoms with Crippen molar-refractivity contribution in [2.45, 2.75) is 56.9 Å². The van der Waals surface area contributed by atoms with E-state index in [2.05, 4.69) is 22.4 Å². The second-order valence-corrected chi connectivity index (χ2v) is 8.49. The number of anilines is 1. The summed E-state index contributed by atoms with van der Waals surface area (Å²) in [5.74, 6) is 2.35. The van der Waals surface area contributed by atoms with Gasteiger partial charge >= 0.3 is 0 Å². The van der Waals surface area contributed by atoms with Crippen molar-refractivity contribution in [2.24, 2.45) is 0 Å². The Balaban J connectivity index is 1.33. The van der Waals surface area contributed by atoms with Crippen molar-refractivity contribution in [3.63, 3.8) is 0 Å². The minimum Gasteiger partial charge on any atom is -0.456 e. The zero-order valence-corrected chi connectivity index (χ0v) is 15.6. The van der Waals surface area contributed by atoms with Crippen molar-refractivity contribution >= 4 is 26.7 Å². The highest BCUT2D eigenvalue weighted by molar-refractivity contribution is 7.22. The number of aromatic nitrogens is 2. The number of nitrogens with zero attached hydrogens (tertiary/aromatic N) is 2. The average Bonchev–Trinajstić information content (AvgIpc) is 3.44. The van der Waals surface area contributed by atoms with Gasteiger partial charge in [-0.2, -0.15) is 0 Å². The smallest absolute Gasteiger partial charge is 0.184 e. The molecule has 2 aliphatic carbocycles. The van der Waals surface area contributed by atoms with Crippen LogP contribution in [0.3, 0.4) is 0 Å². The van der Waals surface area contributed by atoms with E-state index in [1.165, 1.54) is 50.5 Å². The third-order valence-electron chi connectivity index (χ3n) is 5.31. The first-order valence-corrected chi connectivity index (χ1v) is 10.4. The van der Waals surface area contributed by atoms with Crippen molar-refractivity contribution in [1.29, 1.82) is 0 Å². The van der Waals surface area contributed by atoms with Crippen LogP contribution in [0.2, 0.25) is 0 Å². The third kappa shape index (κ3) is 3.54. The van der Waals surface area contributed by atoms with E-state index in [9.17, 15) is 0 Å². The first-order valence-electron chi connectivity index (χ1n) is 9.63. The summed E-state index contributed by atoms with van der Waals surface area (Å²) in [5, 5.41) is 4.65. The molecule has 4 nitrogen and oxygen atoms in total. The Morgan fingerprint density at radius 3 is 2.69 bits per heavy atom. The molecule has 26 heavy (non-hydrogen) atoms. The summed E-state index contributed by atoms with van der Waals surface area (Å²) in [6.45, 7) is 0. The van der Waals surface area contributed by atoms with Gasteiger partial charge in [-0.3, -0.25) is 4.98 Å². The van der Waals surface area contributed by atoms with Gasteiger partial charge in [0.1, 0.15) is 11.5 Å². The van der Waals surface area contributed by atoms with Gasteiger partial charge in [-0.05, 0) is 55.4 Å². The Kier molecular flexibility index (Phi) is 4.25. The molecule has 2 saturated carbocycles. The lowest BCUT2D eigenvalue weighted by Crippen LogP contribution is -2.21. The third-order valence-corrected chi connectivity index (χ3v) is 6.26. The molecule has 0 aliphatic heterocycles. The summed E-state index contributed by atoms with van der Waals surface area (Å²) < 4.78 is 7.22. The number of pyridine rings is 1. The second kappa shape index (κ2) is 6.88. The number of rotatable bonds is 5. The van der Waals surface area contributed by atoms with Crippen LogP contribution in [-0.2, 0) is 0 Å². The highest BCUT2D eigenvalue weighted by atomic mass is 32.1. The minimum atomic E-state index is 0.580. The zero-order chi connectivity index (χ0) is 17.3. The van der Waals surface area contributed by atoms with Gasteiger partial charge in [-0.1, -0.05) is 30.6 Å². The fraction of sp³-hybridized carbons (Fsp3) is 0.429. The largest absolute Gasteiger partial charge is 0.456 e. The van der Waals surface area contributed by atoms with Crippen LogP contribution in [0.5, 0.6) is 11.5 Å². The van der Waals surface area contributed by atoms with Crippen LogP contribution in [0.1, 0.15) is 56.4 Å². The number of benzene rings is 1. The summed E-state index contributed by atoms with van der Waals surface area (Å²) in [6.07, 6.45) is 12.8. The SMILES string of the molecule is c1cc2nc(NC3CCCCC3)sc2cc1Oc1cncc(C2CC2)c1. The normalized spacial score (nSPS) is 18.2. The van der Waals surface area contributed by atoms with Crippen LogP contribution in [0, 0.1) is 0 Å². The van der Waals surface area contributed by atoms with E-state index in [4.69, 9.17) is 9.72 Å². The number of ether oxygens (including phenoxy) is 1. The molecule has 2 aliphatic rings. The fourth-order valence-corrected chi connectivity index (χ4v) is 4.69. The van der Waals surface area contributed by atoms with Gasteiger partial charge < -0.3 is 10.1 Å². The van der Waals surface area contributed by atoms with Crippen LogP contribution in [0.25, 0.3) is 10.2 Å². The molecule has 5 heteroatoms. The van der Waals surface area contributed by atoms with E-state index in [1.54, 1.807) is 17.5 Å². The lowest BCUT2D eigenvalue weighted by molar-refractivity contribution is 0.462. The van der Waals surface area contributed by atoms with E-state index >= 15 is 0 Å². The highest BCUT2D eigenvalue weighted by Gasteiger charge is 2.24. The molecular weight excluding hydrogens is 342 g/mol. The molecule has 3 aromatic rings. The Morgan fingerprint density at radius 2 is 1.85 bits per heavy atom. The number of hydrogen-bond acceptors (Lipinski definition) is 5. The Labute approximate surface area is 157 Å². The molecule has 2 aromatic heterocycles. The van der Waals surface area contributed by atoms with Crippen LogP contribution in [-0.4, -0.2) is 16.0 Å². The first kappa shape index (κ1) is 16.1. The van der Waals surface area contributed by atoms with Crippen molar-refractivity contribution in [2.75, 3.05) is 5.32 Å². The van der Waals surface area contributed by atoms with E-state index in [-0.39, 0.29) is 0 Å². The maximum atomic E-state index is 6.06. The van der Waals surface area contributed by atoms with Crippen molar-refractivity contribution in [3.8, 4) is 11.5 Å². The van der Waals surface area contributed by atoms with Gasteiger partial charge in [-0.15, -0.1) is 0 Å². The quantitative estimate of drug-likeness (QED) is 0.593. The van der Waals surface area contributed by atoms with Gasteiger partial charge in [0, 0.05) is 18.3 Å². The molecule has 0 atom stereocenters. The molecule has 0 unspecified atom stereocenters. The summed E-state index contributed by atoms with van der Waals surface area (Å²) in [5.41, 5.74) is 2.32. The highest BCUT2D eigenvalue weighted by Crippen LogP contribution is 2.41. The molecule has 0 amide bonds.